The molecule has 0 heterocycles. The van der Waals surface area contributed by atoms with Gasteiger partial charge in [0, 0.05) is 16.7 Å². The molecule has 0 spiro atoms. The van der Waals surface area contributed by atoms with Crippen molar-refractivity contribution in [3.05, 3.63) is 34.9 Å². The van der Waals surface area contributed by atoms with E-state index in [0.29, 0.717) is 0 Å². The van der Waals surface area contributed by atoms with Gasteiger partial charge in [0.2, 0.25) is 20.0 Å². The van der Waals surface area contributed by atoms with Crippen LogP contribution in [0.2, 0.25) is 5.02 Å². The van der Waals surface area contributed by atoms with Crippen molar-refractivity contribution in [2.75, 3.05) is 22.8 Å². The molecule has 0 saturated carbocycles. The van der Waals surface area contributed by atoms with Gasteiger partial charge in [0.25, 0.3) is 0 Å². The maximum absolute atomic E-state index is 11.9. The van der Waals surface area contributed by atoms with Crippen LogP contribution in [0.5, 0.6) is 0 Å². The molecule has 0 unspecified atom stereocenters. The first-order valence-corrected chi connectivity index (χ1v) is 10.4. The Morgan fingerprint density at radius 2 is 1.78 bits per heavy atom. The molecule has 0 saturated heterocycles. The second-order valence-electron chi connectivity index (χ2n) is 4.51. The summed E-state index contributed by atoms with van der Waals surface area (Å²) in [5.41, 5.74) is 0.00125. The zero-order valence-corrected chi connectivity index (χ0v) is 15.1. The molecule has 1 rings (SSSR count). The maximum atomic E-state index is 11.9. The van der Waals surface area contributed by atoms with Gasteiger partial charge in [-0.2, -0.15) is 3.71 Å². The van der Waals surface area contributed by atoms with Crippen LogP contribution in [0.25, 0.3) is 6.08 Å². The summed E-state index contributed by atoms with van der Waals surface area (Å²) in [6.07, 6.45) is 3.84. The number of halogens is 1. The van der Waals surface area contributed by atoms with Gasteiger partial charge in [0.05, 0.1) is 24.8 Å². The summed E-state index contributed by atoms with van der Waals surface area (Å²) in [5, 5.41) is 0.144. The molecule has 0 aromatic heterocycles. The Morgan fingerprint density at radius 3 is 2.26 bits per heavy atom. The van der Waals surface area contributed by atoms with Gasteiger partial charge in [-0.15, -0.1) is 0 Å². The Bertz CT molecular complexity index is 798. The number of hydrogen-bond donors (Lipinski definition) is 0. The Labute approximate surface area is 140 Å². The molecule has 0 amide bonds. The molecule has 0 aliphatic rings. The van der Waals surface area contributed by atoms with Gasteiger partial charge in [0.15, 0.2) is 0 Å². The molecule has 0 aliphatic carbocycles. The number of sulfonamides is 2. The molecule has 0 fully saturated rings. The summed E-state index contributed by atoms with van der Waals surface area (Å²) < 4.78 is 52.5. The minimum absolute atomic E-state index is 0.144. The molecule has 1 aromatic carbocycles. The molecule has 128 valence electrons. The number of nitrogens with zero attached hydrogens (tertiary/aromatic N) is 1. The van der Waals surface area contributed by atoms with Crippen LogP contribution >= 0.6 is 11.6 Å². The molecule has 1 aromatic rings. The lowest BCUT2D eigenvalue weighted by Crippen LogP contribution is -2.35. The van der Waals surface area contributed by atoms with Crippen molar-refractivity contribution in [1.82, 2.24) is 0 Å². The van der Waals surface area contributed by atoms with Crippen molar-refractivity contribution in [3.63, 3.8) is 0 Å². The van der Waals surface area contributed by atoms with Gasteiger partial charge in [-0.25, -0.2) is 21.6 Å². The van der Waals surface area contributed by atoms with Crippen LogP contribution in [0.3, 0.4) is 0 Å². The second-order valence-corrected chi connectivity index (χ2v) is 8.84. The Kier molecular flexibility index (Phi) is 6.20. The van der Waals surface area contributed by atoms with Gasteiger partial charge >= 0.3 is 5.97 Å². The third-order valence-electron chi connectivity index (χ3n) is 2.48. The van der Waals surface area contributed by atoms with Crippen LogP contribution in [-0.2, 0) is 29.6 Å². The standard InChI is InChI=1S/C13H16ClNO6S2/c1-4-21-13(16)8-6-10-5-7-11(14)9-12(10)15(22(2,17)18)23(3,19)20/h5-9H,4H2,1-3H3/b8-6+. The number of carbonyl (C=O) groups is 1. The van der Waals surface area contributed by atoms with Gasteiger partial charge in [-0.3, -0.25) is 0 Å². The highest BCUT2D eigenvalue weighted by atomic mass is 35.5. The maximum Gasteiger partial charge on any atom is 0.330 e. The van der Waals surface area contributed by atoms with Gasteiger partial charge in [0.1, 0.15) is 0 Å². The normalized spacial score (nSPS) is 12.3. The highest BCUT2D eigenvalue weighted by Crippen LogP contribution is 2.30. The van der Waals surface area contributed by atoms with E-state index in [2.05, 4.69) is 0 Å². The summed E-state index contributed by atoms with van der Waals surface area (Å²) in [5.74, 6) is -0.640. The van der Waals surface area contributed by atoms with Crippen molar-refractivity contribution in [1.29, 1.82) is 0 Å². The lowest BCUT2D eigenvalue weighted by atomic mass is 10.1. The van der Waals surface area contributed by atoms with E-state index in [1.165, 1.54) is 24.3 Å². The third kappa shape index (κ3) is 5.52. The third-order valence-corrected chi connectivity index (χ3v) is 5.94. The van der Waals surface area contributed by atoms with Crippen molar-refractivity contribution in [3.8, 4) is 0 Å². The van der Waals surface area contributed by atoms with E-state index < -0.39 is 26.0 Å². The van der Waals surface area contributed by atoms with Crippen molar-refractivity contribution >= 4 is 49.4 Å². The quantitative estimate of drug-likeness (QED) is 0.548. The lowest BCUT2D eigenvalue weighted by molar-refractivity contribution is -0.137. The van der Waals surface area contributed by atoms with E-state index in [9.17, 15) is 21.6 Å². The average molecular weight is 382 g/mol. The van der Waals surface area contributed by atoms with Crippen molar-refractivity contribution < 1.29 is 26.4 Å². The second kappa shape index (κ2) is 7.33. The van der Waals surface area contributed by atoms with Crippen LogP contribution in [0.15, 0.2) is 24.3 Å². The molecule has 0 atom stereocenters. The van der Waals surface area contributed by atoms with Gasteiger partial charge in [-0.1, -0.05) is 17.7 Å². The Hall–Kier alpha value is -1.58. The number of ether oxygens (including phenoxy) is 1. The Morgan fingerprint density at radius 1 is 1.22 bits per heavy atom. The van der Waals surface area contributed by atoms with Crippen LogP contribution in [0.1, 0.15) is 12.5 Å². The number of benzene rings is 1. The highest BCUT2D eigenvalue weighted by Gasteiger charge is 2.29. The molecule has 23 heavy (non-hydrogen) atoms. The molecule has 7 nitrogen and oxygen atoms in total. The van der Waals surface area contributed by atoms with Crippen LogP contribution < -0.4 is 3.71 Å². The molecule has 10 heteroatoms. The lowest BCUT2D eigenvalue weighted by Gasteiger charge is -2.21. The first kappa shape index (κ1) is 19.5. The van der Waals surface area contributed by atoms with Gasteiger partial charge < -0.3 is 4.74 Å². The minimum Gasteiger partial charge on any atom is -0.463 e. The number of esters is 1. The van der Waals surface area contributed by atoms with E-state index in [-0.39, 0.29) is 26.6 Å². The summed E-state index contributed by atoms with van der Waals surface area (Å²) in [6.45, 7) is 1.81. The zero-order chi connectivity index (χ0) is 17.8. The predicted octanol–water partition coefficient (Wildman–Crippen LogP) is 1.64. The monoisotopic (exact) mass is 381 g/mol. The van der Waals surface area contributed by atoms with Crippen molar-refractivity contribution in [2.45, 2.75) is 6.92 Å². The van der Waals surface area contributed by atoms with Crippen LogP contribution in [-0.4, -0.2) is 41.9 Å². The number of anilines is 1. The largest absolute Gasteiger partial charge is 0.463 e. The molecular formula is C13H16ClNO6S2. The molecule has 0 N–H and O–H groups in total. The number of carbonyl (C=O) groups excluding carboxylic acids is 1. The van der Waals surface area contributed by atoms with E-state index in [4.69, 9.17) is 16.3 Å². The van der Waals surface area contributed by atoms with Gasteiger partial charge in [-0.05, 0) is 25.1 Å². The fourth-order valence-corrected chi connectivity index (χ4v) is 4.93. The molecule has 0 radical (unpaired) electrons. The zero-order valence-electron chi connectivity index (χ0n) is 12.7. The minimum atomic E-state index is -4.13. The van der Waals surface area contributed by atoms with Crippen LogP contribution in [0.4, 0.5) is 5.69 Å². The van der Waals surface area contributed by atoms with Crippen LogP contribution in [0, 0.1) is 0 Å². The highest BCUT2D eigenvalue weighted by molar-refractivity contribution is 8.09. The number of hydrogen-bond acceptors (Lipinski definition) is 6. The van der Waals surface area contributed by atoms with E-state index in [1.54, 1.807) is 6.92 Å². The summed E-state index contributed by atoms with van der Waals surface area (Å²) in [7, 11) is -8.25. The topological polar surface area (TPSA) is 97.8 Å². The first-order chi connectivity index (χ1) is 10.5. The molecule has 0 bridgehead atoms. The smallest absolute Gasteiger partial charge is 0.330 e. The molecule has 0 aliphatic heterocycles. The summed E-state index contributed by atoms with van der Waals surface area (Å²) in [6, 6.07) is 4.03. The van der Waals surface area contributed by atoms with E-state index in [1.807, 2.05) is 0 Å². The van der Waals surface area contributed by atoms with Crippen molar-refractivity contribution in [2.24, 2.45) is 0 Å². The SMILES string of the molecule is CCOC(=O)/C=C/c1ccc(Cl)cc1N(S(C)(=O)=O)S(C)(=O)=O. The van der Waals surface area contributed by atoms with E-state index in [0.717, 1.165) is 18.6 Å². The predicted molar refractivity (Wildman–Crippen MR) is 89.3 cm³/mol. The Balaban J connectivity index is 3.51. The summed E-state index contributed by atoms with van der Waals surface area (Å²) in [4.78, 5) is 11.4. The number of rotatable bonds is 6. The fourth-order valence-electron chi connectivity index (χ4n) is 1.77. The van der Waals surface area contributed by atoms with E-state index >= 15 is 0 Å². The average Bonchev–Trinajstić information content (AvgIpc) is 2.34. The summed E-state index contributed by atoms with van der Waals surface area (Å²) >= 11 is 5.84. The fraction of sp³-hybridized carbons (Fsp3) is 0.308. The first-order valence-electron chi connectivity index (χ1n) is 6.31. The molecular weight excluding hydrogens is 366 g/mol.